The minimum absolute atomic E-state index is 0. The van der Waals surface area contributed by atoms with Gasteiger partial charge in [0.25, 0.3) is 0 Å². The smallest absolute Gasteiger partial charge is 1.00 e. The second-order valence-corrected chi connectivity index (χ2v) is 8.30. The molecule has 5 atom stereocenters. The van der Waals surface area contributed by atoms with Gasteiger partial charge < -0.3 is 38.2 Å². The fourth-order valence-electron chi connectivity index (χ4n) is 2.48. The van der Waals surface area contributed by atoms with E-state index in [0.29, 0.717) is 0 Å². The van der Waals surface area contributed by atoms with Crippen molar-refractivity contribution in [3.8, 4) is 0 Å². The van der Waals surface area contributed by atoms with Crippen LogP contribution in [0.25, 0.3) is 11.2 Å². The number of aliphatic hydroxyl groups excluding tert-OH is 2. The molecule has 0 aliphatic carbocycles. The van der Waals surface area contributed by atoms with Crippen molar-refractivity contribution in [2.45, 2.75) is 24.5 Å². The van der Waals surface area contributed by atoms with E-state index in [1.54, 1.807) is 0 Å². The number of aliphatic hydroxyl groups is 2. The molecule has 1 unspecified atom stereocenters. The van der Waals surface area contributed by atoms with Crippen LogP contribution < -0.4 is 43.5 Å². The Labute approximate surface area is 189 Å². The van der Waals surface area contributed by atoms with Gasteiger partial charge in [0.2, 0.25) is 0 Å². The third-order valence-electron chi connectivity index (χ3n) is 3.61. The van der Waals surface area contributed by atoms with Gasteiger partial charge in [-0.05, 0) is 0 Å². The standard InChI is InChI=1S/C10H15N5O10P2.2Li.2H/c11-8-5-9(13-2-12-8)15(3-14-5)10-7(17)6(16)4(24-10)1-23-27(21,22)25-26(18,19)20;;;;/h2-4,6-7,10,16-17H,1H2,(H,21,22)(H2,11,12,13)(H2,18,19,20);;;;/q;2*+1;2*-1/t4-,6-,7-,10-;;;;/m1..../s1. The Morgan fingerprint density at radius 3 is 2.45 bits per heavy atom. The minimum Gasteiger partial charge on any atom is -1.00 e. The maximum Gasteiger partial charge on any atom is 1.00 e. The number of ether oxygens (including phenoxy) is 1. The summed E-state index contributed by atoms with van der Waals surface area (Å²) in [5.74, 6) is 0.0856. The SMILES string of the molecule is Nc1ncnc2c1ncn2[C@@H]1O[C@H](COP(=O)(O)OP(=O)(O)O)[C@@H](O)[C@H]1O.[H-].[H-].[Li+].[Li+]. The summed E-state index contributed by atoms with van der Waals surface area (Å²) in [6.45, 7) is -0.813. The number of phosphoric ester groups is 1. The molecule has 154 valence electrons. The Morgan fingerprint density at radius 2 is 1.83 bits per heavy atom. The number of nitrogens with zero attached hydrogens (tertiary/aromatic N) is 4. The molecule has 1 saturated heterocycles. The molecule has 0 amide bonds. The molecule has 0 aromatic carbocycles. The van der Waals surface area contributed by atoms with Crippen molar-refractivity contribution in [1.29, 1.82) is 0 Å². The average molecular weight is 443 g/mol. The van der Waals surface area contributed by atoms with Crippen LogP contribution in [0.5, 0.6) is 0 Å². The zero-order valence-corrected chi connectivity index (χ0v) is 17.0. The first kappa shape index (κ1) is 26.7. The number of aromatic nitrogens is 4. The largest absolute Gasteiger partial charge is 1.00 e. The number of hydrogen-bond donors (Lipinski definition) is 6. The maximum absolute atomic E-state index is 11.5. The third kappa shape index (κ3) is 6.11. The number of imidazole rings is 1. The Hall–Kier alpha value is -0.315. The number of hydrogen-bond acceptors (Lipinski definition) is 11. The predicted octanol–water partition coefficient (Wildman–Crippen LogP) is -7.51. The molecule has 1 fully saturated rings. The monoisotopic (exact) mass is 443 g/mol. The van der Waals surface area contributed by atoms with E-state index in [4.69, 9.17) is 20.3 Å². The number of nitrogens with two attached hydrogens (primary N) is 1. The zero-order chi connectivity index (χ0) is 20.0. The van der Waals surface area contributed by atoms with E-state index in [-0.39, 0.29) is 57.6 Å². The minimum atomic E-state index is -5.29. The van der Waals surface area contributed by atoms with Crippen LogP contribution in [0, 0.1) is 0 Å². The number of fused-ring (bicyclic) bond motifs is 1. The van der Waals surface area contributed by atoms with E-state index in [1.807, 2.05) is 0 Å². The van der Waals surface area contributed by atoms with Crippen LogP contribution >= 0.6 is 15.6 Å². The summed E-state index contributed by atoms with van der Waals surface area (Å²) in [7, 11) is -10.4. The summed E-state index contributed by atoms with van der Waals surface area (Å²) in [6, 6.07) is 0. The van der Waals surface area contributed by atoms with Gasteiger partial charge in [0.1, 0.15) is 30.2 Å². The fourth-order valence-corrected chi connectivity index (χ4v) is 4.08. The molecule has 0 bridgehead atoms. The molecule has 2 aromatic rings. The van der Waals surface area contributed by atoms with Crippen LogP contribution in [0.4, 0.5) is 5.82 Å². The molecule has 29 heavy (non-hydrogen) atoms. The first-order valence-electron chi connectivity index (χ1n) is 7.17. The molecule has 19 heteroatoms. The molecule has 2 aromatic heterocycles. The Morgan fingerprint density at radius 1 is 1.17 bits per heavy atom. The first-order chi connectivity index (χ1) is 12.5. The van der Waals surface area contributed by atoms with Crippen molar-refractivity contribution >= 4 is 32.6 Å². The normalized spacial score (nSPS) is 26.5. The van der Waals surface area contributed by atoms with Gasteiger partial charge in [-0.2, -0.15) is 4.31 Å². The third-order valence-corrected chi connectivity index (χ3v) is 5.76. The number of rotatable bonds is 6. The van der Waals surface area contributed by atoms with Crippen molar-refractivity contribution in [2.24, 2.45) is 0 Å². The van der Waals surface area contributed by atoms with E-state index >= 15 is 0 Å². The van der Waals surface area contributed by atoms with Crippen LogP contribution in [-0.4, -0.2) is 69.3 Å². The summed E-state index contributed by atoms with van der Waals surface area (Å²) < 4.78 is 36.8. The van der Waals surface area contributed by atoms with Crippen molar-refractivity contribution < 1.29 is 88.2 Å². The topological polar surface area (TPSA) is 233 Å². The van der Waals surface area contributed by atoms with Crippen molar-refractivity contribution in [3.63, 3.8) is 0 Å². The van der Waals surface area contributed by atoms with Crippen LogP contribution in [0.15, 0.2) is 12.7 Å². The van der Waals surface area contributed by atoms with Gasteiger partial charge in [-0.15, -0.1) is 0 Å². The van der Waals surface area contributed by atoms with E-state index in [2.05, 4.69) is 23.8 Å². The number of phosphoric acid groups is 2. The molecule has 7 N–H and O–H groups in total. The summed E-state index contributed by atoms with van der Waals surface area (Å²) in [4.78, 5) is 38.1. The molecule has 0 saturated carbocycles. The maximum atomic E-state index is 11.5. The molecule has 3 heterocycles. The van der Waals surface area contributed by atoms with Gasteiger partial charge in [0, 0.05) is 0 Å². The molecule has 1 aliphatic rings. The van der Waals surface area contributed by atoms with E-state index in [1.165, 1.54) is 10.9 Å². The summed E-state index contributed by atoms with van der Waals surface area (Å²) in [5.41, 5.74) is 6.11. The summed E-state index contributed by atoms with van der Waals surface area (Å²) in [5, 5.41) is 20.3. The van der Waals surface area contributed by atoms with E-state index in [0.717, 1.165) is 6.33 Å². The Kier molecular flexibility index (Phi) is 9.10. The molecular formula is C10H17Li2N5O10P2. The average Bonchev–Trinajstić information content (AvgIpc) is 3.07. The molecule has 15 nitrogen and oxygen atoms in total. The van der Waals surface area contributed by atoms with Crippen molar-refractivity contribution in [1.82, 2.24) is 19.5 Å². The van der Waals surface area contributed by atoms with Crippen LogP contribution in [-0.2, 0) is 22.7 Å². The molecule has 0 spiro atoms. The van der Waals surface area contributed by atoms with Gasteiger partial charge in [-0.25, -0.2) is 24.1 Å². The van der Waals surface area contributed by atoms with E-state index in [9.17, 15) is 24.2 Å². The number of nitrogen functional groups attached to an aromatic ring is 1. The summed E-state index contributed by atoms with van der Waals surface area (Å²) >= 11 is 0. The molecular weight excluding hydrogens is 426 g/mol. The van der Waals surface area contributed by atoms with Gasteiger partial charge >= 0.3 is 53.4 Å². The second kappa shape index (κ2) is 9.87. The van der Waals surface area contributed by atoms with E-state index < -0.39 is 46.8 Å². The molecule has 3 rings (SSSR count). The summed E-state index contributed by atoms with van der Waals surface area (Å²) in [6.07, 6.45) is -3.20. The zero-order valence-electron chi connectivity index (χ0n) is 17.2. The van der Waals surface area contributed by atoms with Gasteiger partial charge in [-0.1, -0.05) is 0 Å². The quantitative estimate of drug-likeness (QED) is 0.180. The Bertz CT molecular complexity index is 953. The predicted molar refractivity (Wildman–Crippen MR) is 86.8 cm³/mol. The van der Waals surface area contributed by atoms with Crippen molar-refractivity contribution in [3.05, 3.63) is 12.7 Å². The molecule has 0 radical (unpaired) electrons. The van der Waals surface area contributed by atoms with Crippen LogP contribution in [0.3, 0.4) is 0 Å². The fraction of sp³-hybridized carbons (Fsp3) is 0.500. The Balaban J connectivity index is 0. The molecule has 1 aliphatic heterocycles. The van der Waals surface area contributed by atoms with Gasteiger partial charge in [0.15, 0.2) is 17.7 Å². The van der Waals surface area contributed by atoms with Gasteiger partial charge in [-0.3, -0.25) is 9.09 Å². The number of anilines is 1. The second-order valence-electron chi connectivity index (χ2n) is 5.47. The van der Waals surface area contributed by atoms with Gasteiger partial charge in [0.05, 0.1) is 12.9 Å². The van der Waals surface area contributed by atoms with Crippen LogP contribution in [0.1, 0.15) is 9.08 Å². The van der Waals surface area contributed by atoms with Crippen LogP contribution in [0.2, 0.25) is 0 Å². The first-order valence-corrected chi connectivity index (χ1v) is 10.2. The van der Waals surface area contributed by atoms with Crippen molar-refractivity contribution in [2.75, 3.05) is 12.3 Å².